The first-order valence-electron chi connectivity index (χ1n) is 12.4. The van der Waals surface area contributed by atoms with Crippen LogP contribution in [0.4, 0.5) is 5.82 Å². The molecule has 0 aromatic carbocycles. The number of piperidine rings is 1. The lowest BCUT2D eigenvalue weighted by atomic mass is 9.96. The second-order valence-electron chi connectivity index (χ2n) is 10.2. The summed E-state index contributed by atoms with van der Waals surface area (Å²) in [6, 6.07) is 6.51. The van der Waals surface area contributed by atoms with Crippen LogP contribution in [0.25, 0.3) is 43.5 Å². The van der Waals surface area contributed by atoms with E-state index in [1.54, 1.807) is 11.3 Å². The maximum atomic E-state index is 6.27. The van der Waals surface area contributed by atoms with Crippen LogP contribution < -0.4 is 5.73 Å². The standard InChI is InChI=1S/C27H28N6OS/c1-15(2)33-17-3-4-18(33)8-19(7-17)32-13-16(10-31-32)22-11-30-27(28)26-21(22)9-24(34-26)23-14-35-25-12-29-6-5-20(23)25/h5-6,9-15,17-19H,3-4,7-8H2,1-2H3,(H2,28,30)/t17-,18+,19-. The maximum absolute atomic E-state index is 6.27. The molecule has 7 nitrogen and oxygen atoms in total. The smallest absolute Gasteiger partial charge is 0.177 e. The quantitative estimate of drug-likeness (QED) is 0.330. The van der Waals surface area contributed by atoms with Crippen molar-refractivity contribution >= 4 is 38.2 Å². The number of rotatable bonds is 4. The van der Waals surface area contributed by atoms with E-state index in [9.17, 15) is 0 Å². The molecule has 7 heterocycles. The van der Waals surface area contributed by atoms with Crippen molar-refractivity contribution in [2.75, 3.05) is 5.73 Å². The summed E-state index contributed by atoms with van der Waals surface area (Å²) < 4.78 is 9.59. The van der Waals surface area contributed by atoms with E-state index in [0.717, 1.165) is 37.9 Å². The van der Waals surface area contributed by atoms with Crippen LogP contribution in [0.1, 0.15) is 45.6 Å². The average molecular weight is 485 g/mol. The minimum atomic E-state index is 0.404. The second kappa shape index (κ2) is 7.90. The lowest BCUT2D eigenvalue weighted by Gasteiger charge is -2.41. The Bertz CT molecular complexity index is 1530. The van der Waals surface area contributed by atoms with Gasteiger partial charge in [-0.05, 0) is 51.7 Å². The minimum absolute atomic E-state index is 0.404. The van der Waals surface area contributed by atoms with Crippen LogP contribution in [0.15, 0.2) is 52.9 Å². The Morgan fingerprint density at radius 1 is 1.06 bits per heavy atom. The molecule has 2 aliphatic heterocycles. The third-order valence-corrected chi connectivity index (χ3v) is 8.81. The fourth-order valence-corrected chi connectivity index (χ4v) is 7.31. The third kappa shape index (κ3) is 3.31. The van der Waals surface area contributed by atoms with Crippen LogP contribution in [0.3, 0.4) is 0 Å². The van der Waals surface area contributed by atoms with Crippen LogP contribution in [0.5, 0.6) is 0 Å². The van der Waals surface area contributed by atoms with Crippen LogP contribution in [0, 0.1) is 0 Å². The van der Waals surface area contributed by atoms with Gasteiger partial charge in [0.2, 0.25) is 0 Å². The molecule has 7 rings (SSSR count). The van der Waals surface area contributed by atoms with Gasteiger partial charge < -0.3 is 10.2 Å². The molecule has 2 saturated heterocycles. The minimum Gasteiger partial charge on any atom is -0.452 e. The number of anilines is 1. The molecule has 0 unspecified atom stereocenters. The average Bonchev–Trinajstić information content (AvgIpc) is 3.63. The van der Waals surface area contributed by atoms with Crippen molar-refractivity contribution < 1.29 is 4.42 Å². The molecule has 0 spiro atoms. The first-order chi connectivity index (χ1) is 17.1. The zero-order chi connectivity index (χ0) is 23.7. The molecule has 0 saturated carbocycles. The van der Waals surface area contributed by atoms with Crippen LogP contribution in [-0.4, -0.2) is 42.8 Å². The number of nitrogens with two attached hydrogens (primary N) is 1. The van der Waals surface area contributed by atoms with Crippen molar-refractivity contribution in [3.8, 4) is 22.5 Å². The predicted octanol–water partition coefficient (Wildman–Crippen LogP) is 6.13. The van der Waals surface area contributed by atoms with Gasteiger partial charge in [0, 0.05) is 75.8 Å². The zero-order valence-electron chi connectivity index (χ0n) is 19.9. The Labute approximate surface area is 207 Å². The number of furan rings is 1. The molecule has 3 atom stereocenters. The molecular weight excluding hydrogens is 456 g/mol. The summed E-state index contributed by atoms with van der Waals surface area (Å²) in [5.41, 5.74) is 9.97. The summed E-state index contributed by atoms with van der Waals surface area (Å²) in [7, 11) is 0. The number of fused-ring (bicyclic) bond motifs is 4. The lowest BCUT2D eigenvalue weighted by Crippen LogP contribution is -2.47. The molecule has 5 aromatic rings. The number of thiophene rings is 1. The molecule has 8 heteroatoms. The van der Waals surface area contributed by atoms with Crippen LogP contribution in [0.2, 0.25) is 0 Å². The Morgan fingerprint density at radius 2 is 1.89 bits per heavy atom. The highest BCUT2D eigenvalue weighted by Crippen LogP contribution is 2.43. The molecule has 2 N–H and O–H groups in total. The molecule has 0 aliphatic carbocycles. The lowest BCUT2D eigenvalue weighted by molar-refractivity contribution is 0.0731. The van der Waals surface area contributed by atoms with Gasteiger partial charge in [-0.1, -0.05) is 0 Å². The van der Waals surface area contributed by atoms with E-state index in [1.165, 1.54) is 25.7 Å². The zero-order valence-corrected chi connectivity index (χ0v) is 20.7. The predicted molar refractivity (Wildman–Crippen MR) is 140 cm³/mol. The van der Waals surface area contributed by atoms with Gasteiger partial charge in [-0.2, -0.15) is 5.10 Å². The van der Waals surface area contributed by atoms with Crippen molar-refractivity contribution in [2.45, 2.75) is 63.7 Å². The number of pyridine rings is 2. The van der Waals surface area contributed by atoms with E-state index in [4.69, 9.17) is 15.2 Å². The fraction of sp³-hybridized carbons (Fsp3) is 0.370. The summed E-state index contributed by atoms with van der Waals surface area (Å²) in [4.78, 5) is 11.4. The van der Waals surface area contributed by atoms with E-state index >= 15 is 0 Å². The Kier molecular flexibility index (Phi) is 4.76. The summed E-state index contributed by atoms with van der Waals surface area (Å²) in [5, 5.41) is 9.03. The first kappa shape index (κ1) is 21.1. The topological polar surface area (TPSA) is 86.0 Å². The van der Waals surface area contributed by atoms with E-state index in [-0.39, 0.29) is 0 Å². The van der Waals surface area contributed by atoms with Crippen molar-refractivity contribution in [3.05, 3.63) is 48.5 Å². The molecule has 2 bridgehead atoms. The fourth-order valence-electron chi connectivity index (χ4n) is 6.40. The van der Waals surface area contributed by atoms with E-state index in [2.05, 4.69) is 51.0 Å². The van der Waals surface area contributed by atoms with Gasteiger partial charge in [-0.15, -0.1) is 11.3 Å². The molecule has 5 aromatic heterocycles. The van der Waals surface area contributed by atoms with Crippen molar-refractivity contribution in [3.63, 3.8) is 0 Å². The highest BCUT2D eigenvalue weighted by atomic mass is 32.1. The SMILES string of the molecule is CC(C)N1[C@@H]2CC[C@H]1C[C@H](n1cc(-c3cnc(N)c4oc(-c5csc6cnccc56)cc34)cn1)C2. The Balaban J connectivity index is 1.25. The van der Waals surface area contributed by atoms with Gasteiger partial charge in [0.05, 0.1) is 16.9 Å². The maximum Gasteiger partial charge on any atom is 0.177 e. The third-order valence-electron chi connectivity index (χ3n) is 7.88. The van der Waals surface area contributed by atoms with Gasteiger partial charge in [0.15, 0.2) is 11.4 Å². The molecule has 0 amide bonds. The van der Waals surface area contributed by atoms with Crippen LogP contribution >= 0.6 is 11.3 Å². The van der Waals surface area contributed by atoms with Gasteiger partial charge in [0.1, 0.15) is 5.76 Å². The number of aromatic nitrogens is 4. The van der Waals surface area contributed by atoms with Gasteiger partial charge in [-0.25, -0.2) is 4.98 Å². The van der Waals surface area contributed by atoms with Gasteiger partial charge >= 0.3 is 0 Å². The molecule has 2 aliphatic rings. The number of hydrogen-bond donors (Lipinski definition) is 1. The van der Waals surface area contributed by atoms with E-state index in [0.29, 0.717) is 35.6 Å². The van der Waals surface area contributed by atoms with Crippen molar-refractivity contribution in [1.29, 1.82) is 0 Å². The van der Waals surface area contributed by atoms with Gasteiger partial charge in [-0.3, -0.25) is 14.6 Å². The monoisotopic (exact) mass is 484 g/mol. The van der Waals surface area contributed by atoms with Crippen molar-refractivity contribution in [2.24, 2.45) is 0 Å². The molecular formula is C27H28N6OS. The Morgan fingerprint density at radius 3 is 2.69 bits per heavy atom. The molecule has 178 valence electrons. The number of hydrogen-bond acceptors (Lipinski definition) is 7. The first-order valence-corrected chi connectivity index (χ1v) is 13.3. The Hall–Kier alpha value is -3.23. The normalized spacial score (nSPS) is 22.7. The highest BCUT2D eigenvalue weighted by molar-refractivity contribution is 7.17. The van der Waals surface area contributed by atoms with Crippen molar-refractivity contribution in [1.82, 2.24) is 24.6 Å². The largest absolute Gasteiger partial charge is 0.452 e. The summed E-state index contributed by atoms with van der Waals surface area (Å²) >= 11 is 1.66. The second-order valence-corrected chi connectivity index (χ2v) is 11.1. The van der Waals surface area contributed by atoms with Crippen LogP contribution in [-0.2, 0) is 0 Å². The molecule has 2 fully saturated rings. The highest BCUT2D eigenvalue weighted by Gasteiger charge is 2.42. The molecule has 0 radical (unpaired) electrons. The number of nitrogens with zero attached hydrogens (tertiary/aromatic N) is 5. The van der Waals surface area contributed by atoms with E-state index < -0.39 is 0 Å². The summed E-state index contributed by atoms with van der Waals surface area (Å²) in [5.74, 6) is 1.20. The summed E-state index contributed by atoms with van der Waals surface area (Å²) in [6.07, 6.45) is 14.6. The molecule has 35 heavy (non-hydrogen) atoms. The number of nitrogen functional groups attached to an aromatic ring is 1. The van der Waals surface area contributed by atoms with Gasteiger partial charge in [0.25, 0.3) is 0 Å². The van der Waals surface area contributed by atoms with E-state index in [1.807, 2.05) is 30.9 Å². The summed E-state index contributed by atoms with van der Waals surface area (Å²) in [6.45, 7) is 4.65.